The lowest BCUT2D eigenvalue weighted by Gasteiger charge is -2.46. The lowest BCUT2D eigenvalue weighted by Crippen LogP contribution is -2.51. The number of benzene rings is 5. The van der Waals surface area contributed by atoms with Crippen LogP contribution in [0.5, 0.6) is 11.5 Å². The first-order chi connectivity index (χ1) is 24.9. The number of halogens is 1. The summed E-state index contributed by atoms with van der Waals surface area (Å²) in [5.74, 6) is 0.909. The molecule has 2 fully saturated rings. The van der Waals surface area contributed by atoms with E-state index >= 15 is 0 Å². The van der Waals surface area contributed by atoms with E-state index in [0.717, 1.165) is 44.8 Å². The number of fused-ring (bicyclic) bond motifs is 3. The SMILES string of the molecule is COc1ccc(Cc2ccc3c(c2)[C@]2(C(=O)N3)[C@H](c3ccc(OCCO)cc3)N3[C@H](c4ccccc4)[C@H](c4ccccc4)OC(=O)[C@H]3[C@@H]2I)cc1. The fourth-order valence-corrected chi connectivity index (χ4v) is 9.82. The number of nitrogens with one attached hydrogen (secondary N) is 1. The van der Waals surface area contributed by atoms with Crippen molar-refractivity contribution < 1.29 is 28.9 Å². The second-order valence-corrected chi connectivity index (χ2v) is 14.5. The third-order valence-corrected chi connectivity index (χ3v) is 12.1. The molecule has 0 saturated carbocycles. The van der Waals surface area contributed by atoms with Crippen molar-refractivity contribution in [2.45, 2.75) is 40.0 Å². The molecule has 0 aliphatic carbocycles. The number of methoxy groups -OCH3 is 1. The molecule has 8 rings (SSSR count). The van der Waals surface area contributed by atoms with E-state index in [4.69, 9.17) is 14.2 Å². The van der Waals surface area contributed by atoms with Gasteiger partial charge < -0.3 is 24.6 Å². The summed E-state index contributed by atoms with van der Waals surface area (Å²) in [5.41, 5.74) is 5.39. The zero-order valence-corrected chi connectivity index (χ0v) is 30.1. The summed E-state index contributed by atoms with van der Waals surface area (Å²) in [7, 11) is 1.65. The average molecular weight is 793 g/mol. The summed E-state index contributed by atoms with van der Waals surface area (Å²) in [6, 6.07) is 40.2. The fraction of sp³-hybridized carbons (Fsp3) is 0.238. The Morgan fingerprint density at radius 1 is 0.784 bits per heavy atom. The molecule has 5 aromatic carbocycles. The van der Waals surface area contributed by atoms with Gasteiger partial charge in [0.25, 0.3) is 0 Å². The van der Waals surface area contributed by atoms with Gasteiger partial charge in [0.05, 0.1) is 29.7 Å². The number of amides is 1. The Morgan fingerprint density at radius 2 is 1.43 bits per heavy atom. The van der Waals surface area contributed by atoms with E-state index < -0.39 is 33.6 Å². The van der Waals surface area contributed by atoms with Gasteiger partial charge in [-0.05, 0) is 70.1 Å². The maximum absolute atomic E-state index is 14.9. The summed E-state index contributed by atoms with van der Waals surface area (Å²) in [4.78, 5) is 31.6. The first-order valence-electron chi connectivity index (χ1n) is 17.1. The van der Waals surface area contributed by atoms with Gasteiger partial charge in [-0.2, -0.15) is 0 Å². The number of morpholine rings is 1. The van der Waals surface area contributed by atoms with Gasteiger partial charge in [-0.15, -0.1) is 0 Å². The Balaban J connectivity index is 1.32. The standard InChI is InChI=1S/C42H37IN2O6/c1-49-31-17-12-26(13-18-31)24-27-14-21-34-33(25-27)42(41(48)44-34)38(43)36-40(47)51-37(29-10-6-3-7-11-29)35(28-8-4-2-5-9-28)45(36)39(42)30-15-19-32(20-16-30)50-23-22-46/h2-21,25,35-39,46H,22-24H2,1H3,(H,44,48)/t35-,36-,37+,38+,39+,42-/m1/s1. The monoisotopic (exact) mass is 792 g/mol. The van der Waals surface area contributed by atoms with Gasteiger partial charge in [0, 0.05) is 5.69 Å². The van der Waals surface area contributed by atoms with Crippen molar-refractivity contribution in [3.05, 3.63) is 161 Å². The molecular formula is C42H37IN2O6. The van der Waals surface area contributed by atoms with Crippen LogP contribution in [0.15, 0.2) is 127 Å². The maximum Gasteiger partial charge on any atom is 0.325 e. The van der Waals surface area contributed by atoms with E-state index in [9.17, 15) is 14.7 Å². The lowest BCUT2D eigenvalue weighted by molar-refractivity contribution is -0.175. The van der Waals surface area contributed by atoms with Crippen molar-refractivity contribution in [3.8, 4) is 11.5 Å². The molecule has 9 heteroatoms. The molecule has 2 saturated heterocycles. The highest BCUT2D eigenvalue weighted by Gasteiger charge is 2.71. The number of anilines is 1. The maximum atomic E-state index is 14.9. The molecular weight excluding hydrogens is 755 g/mol. The highest BCUT2D eigenvalue weighted by molar-refractivity contribution is 14.1. The van der Waals surface area contributed by atoms with Crippen LogP contribution in [-0.2, 0) is 26.2 Å². The van der Waals surface area contributed by atoms with Crippen molar-refractivity contribution in [2.24, 2.45) is 0 Å². The van der Waals surface area contributed by atoms with Crippen LogP contribution < -0.4 is 14.8 Å². The van der Waals surface area contributed by atoms with Gasteiger partial charge in [0.15, 0.2) is 0 Å². The number of hydrogen-bond donors (Lipinski definition) is 2. The van der Waals surface area contributed by atoms with Gasteiger partial charge >= 0.3 is 5.97 Å². The van der Waals surface area contributed by atoms with Crippen LogP contribution in [0.2, 0.25) is 0 Å². The van der Waals surface area contributed by atoms with Crippen molar-refractivity contribution in [1.29, 1.82) is 0 Å². The first kappa shape index (κ1) is 33.4. The number of rotatable bonds is 9. The van der Waals surface area contributed by atoms with Gasteiger partial charge in [-0.25, -0.2) is 0 Å². The Labute approximate surface area is 310 Å². The fourth-order valence-electron chi connectivity index (χ4n) is 8.20. The molecule has 6 atom stereocenters. The Hall–Kier alpha value is -4.71. The number of aliphatic hydroxyl groups is 1. The molecule has 0 radical (unpaired) electrons. The van der Waals surface area contributed by atoms with Crippen molar-refractivity contribution >= 4 is 40.2 Å². The number of esters is 1. The van der Waals surface area contributed by atoms with Crippen LogP contribution in [0.25, 0.3) is 0 Å². The predicted octanol–water partition coefficient (Wildman–Crippen LogP) is 7.12. The van der Waals surface area contributed by atoms with Gasteiger partial charge in [0.1, 0.15) is 35.7 Å². The van der Waals surface area contributed by atoms with Crippen molar-refractivity contribution in [1.82, 2.24) is 4.90 Å². The van der Waals surface area contributed by atoms with Crippen LogP contribution in [0.3, 0.4) is 0 Å². The molecule has 3 heterocycles. The largest absolute Gasteiger partial charge is 0.497 e. The zero-order valence-electron chi connectivity index (χ0n) is 27.9. The Kier molecular flexibility index (Phi) is 9.03. The number of nitrogens with zero attached hydrogens (tertiary/aromatic N) is 1. The van der Waals surface area contributed by atoms with E-state index in [1.54, 1.807) is 7.11 Å². The first-order valence-corrected chi connectivity index (χ1v) is 18.3. The number of cyclic esters (lactones) is 1. The average Bonchev–Trinajstić information content (AvgIpc) is 3.62. The Morgan fingerprint density at radius 3 is 2.10 bits per heavy atom. The summed E-state index contributed by atoms with van der Waals surface area (Å²) < 4.78 is 17.1. The van der Waals surface area contributed by atoms with Crippen LogP contribution >= 0.6 is 22.6 Å². The smallest absolute Gasteiger partial charge is 0.325 e. The van der Waals surface area contributed by atoms with Crippen LogP contribution in [0.4, 0.5) is 5.69 Å². The van der Waals surface area contributed by atoms with Crippen molar-refractivity contribution in [2.75, 3.05) is 25.6 Å². The number of carbonyl (C=O) groups is 2. The molecule has 0 aromatic heterocycles. The van der Waals surface area contributed by atoms with Gasteiger partial charge in [-0.3, -0.25) is 14.5 Å². The van der Waals surface area contributed by atoms with Crippen LogP contribution in [0, 0.1) is 0 Å². The van der Waals surface area contributed by atoms with Crippen LogP contribution in [-0.4, -0.2) is 52.2 Å². The third kappa shape index (κ3) is 5.68. The quantitative estimate of drug-likeness (QED) is 0.0934. The summed E-state index contributed by atoms with van der Waals surface area (Å²) in [6.45, 7) is 0.0706. The second kappa shape index (κ2) is 13.8. The number of hydrogen-bond acceptors (Lipinski definition) is 7. The number of carbonyl (C=O) groups excluding carboxylic acids is 2. The molecule has 1 amide bonds. The number of ether oxygens (including phenoxy) is 3. The molecule has 8 nitrogen and oxygen atoms in total. The molecule has 3 aliphatic heterocycles. The number of alkyl halides is 1. The highest BCUT2D eigenvalue weighted by atomic mass is 127. The minimum absolute atomic E-state index is 0.100. The lowest BCUT2D eigenvalue weighted by atomic mass is 9.71. The van der Waals surface area contributed by atoms with Gasteiger partial charge in [-0.1, -0.05) is 120 Å². The summed E-state index contributed by atoms with van der Waals surface area (Å²) in [6.07, 6.45) is 0.0449. The predicted molar refractivity (Wildman–Crippen MR) is 202 cm³/mol. The van der Waals surface area contributed by atoms with E-state index in [-0.39, 0.29) is 25.1 Å². The molecule has 51 heavy (non-hydrogen) atoms. The molecule has 258 valence electrons. The van der Waals surface area contributed by atoms with E-state index in [1.807, 2.05) is 91.0 Å². The molecule has 3 aliphatic rings. The number of aliphatic hydroxyl groups excluding tert-OH is 1. The van der Waals surface area contributed by atoms with E-state index in [0.29, 0.717) is 12.2 Å². The Bertz CT molecular complexity index is 2040. The molecule has 0 unspecified atom stereocenters. The van der Waals surface area contributed by atoms with E-state index in [2.05, 4.69) is 69.2 Å². The second-order valence-electron chi connectivity index (χ2n) is 13.2. The molecule has 2 N–H and O–H groups in total. The third-order valence-electron chi connectivity index (χ3n) is 10.4. The molecule has 5 aromatic rings. The normalized spacial score (nSPS) is 25.2. The molecule has 1 spiro atoms. The summed E-state index contributed by atoms with van der Waals surface area (Å²) in [5, 5.41) is 12.6. The van der Waals surface area contributed by atoms with Crippen LogP contribution in [0.1, 0.15) is 51.6 Å². The molecule has 0 bridgehead atoms. The minimum Gasteiger partial charge on any atom is -0.497 e. The van der Waals surface area contributed by atoms with Crippen molar-refractivity contribution in [3.63, 3.8) is 0 Å². The minimum atomic E-state index is -1.15. The zero-order chi connectivity index (χ0) is 35.1. The highest BCUT2D eigenvalue weighted by Crippen LogP contribution is 2.64. The van der Waals surface area contributed by atoms with E-state index in [1.165, 1.54) is 0 Å². The summed E-state index contributed by atoms with van der Waals surface area (Å²) >= 11 is 2.34. The topological polar surface area (TPSA) is 97.3 Å². The van der Waals surface area contributed by atoms with Gasteiger partial charge in [0.2, 0.25) is 5.91 Å².